The molecule has 16 heavy (non-hydrogen) atoms. The summed E-state index contributed by atoms with van der Waals surface area (Å²) in [4.78, 5) is 0. The van der Waals surface area contributed by atoms with Crippen LogP contribution in [0.25, 0.3) is 0 Å². The lowest BCUT2D eigenvalue weighted by atomic mass is 9.99. The standard InChI is InChI=1S/C12H13FN2O/c1-2-3-4-11(15)9-5-8(7-14)6-10(13)12(9)16/h2,5-6,11,16H,1,3-4,15H2/t11-/m0/s1. The number of allylic oxidation sites excluding steroid dienone is 1. The summed E-state index contributed by atoms with van der Waals surface area (Å²) in [6, 6.07) is 3.71. The monoisotopic (exact) mass is 220 g/mol. The van der Waals surface area contributed by atoms with Crippen molar-refractivity contribution in [1.82, 2.24) is 0 Å². The fraction of sp³-hybridized carbons (Fsp3) is 0.250. The van der Waals surface area contributed by atoms with E-state index < -0.39 is 17.6 Å². The lowest BCUT2D eigenvalue weighted by Gasteiger charge is -2.13. The molecule has 4 heteroatoms. The highest BCUT2D eigenvalue weighted by molar-refractivity contribution is 5.44. The van der Waals surface area contributed by atoms with Gasteiger partial charge in [0.25, 0.3) is 0 Å². The Kier molecular flexibility index (Phi) is 4.03. The average molecular weight is 220 g/mol. The third-order valence-electron chi connectivity index (χ3n) is 2.30. The molecule has 0 unspecified atom stereocenters. The molecule has 0 fully saturated rings. The Hall–Kier alpha value is -1.86. The molecule has 1 aromatic rings. The molecule has 0 aromatic heterocycles. The van der Waals surface area contributed by atoms with Crippen molar-refractivity contribution < 1.29 is 9.50 Å². The molecule has 84 valence electrons. The van der Waals surface area contributed by atoms with Crippen LogP contribution in [0.4, 0.5) is 4.39 Å². The van der Waals surface area contributed by atoms with Crippen LogP contribution in [-0.4, -0.2) is 5.11 Å². The maximum atomic E-state index is 13.2. The number of nitriles is 1. The number of hydrogen-bond acceptors (Lipinski definition) is 3. The van der Waals surface area contributed by atoms with Crippen LogP contribution in [0, 0.1) is 17.1 Å². The normalized spacial score (nSPS) is 11.8. The Balaban J connectivity index is 3.07. The largest absolute Gasteiger partial charge is 0.505 e. The summed E-state index contributed by atoms with van der Waals surface area (Å²) in [6.45, 7) is 3.56. The van der Waals surface area contributed by atoms with E-state index in [2.05, 4.69) is 6.58 Å². The molecular formula is C12H13FN2O. The van der Waals surface area contributed by atoms with Crippen molar-refractivity contribution in [2.45, 2.75) is 18.9 Å². The predicted molar refractivity (Wildman–Crippen MR) is 59.1 cm³/mol. The second kappa shape index (κ2) is 5.29. The van der Waals surface area contributed by atoms with E-state index in [9.17, 15) is 9.50 Å². The van der Waals surface area contributed by atoms with Crippen molar-refractivity contribution in [2.24, 2.45) is 5.73 Å². The average Bonchev–Trinajstić information content (AvgIpc) is 2.29. The van der Waals surface area contributed by atoms with Crippen LogP contribution in [-0.2, 0) is 0 Å². The van der Waals surface area contributed by atoms with Crippen molar-refractivity contribution >= 4 is 0 Å². The van der Waals surface area contributed by atoms with Gasteiger partial charge in [-0.2, -0.15) is 5.26 Å². The van der Waals surface area contributed by atoms with Crippen LogP contribution in [0.1, 0.15) is 30.0 Å². The summed E-state index contributed by atoms with van der Waals surface area (Å²) < 4.78 is 13.2. The molecule has 0 amide bonds. The van der Waals surface area contributed by atoms with Crippen LogP contribution < -0.4 is 5.73 Å². The Labute approximate surface area is 93.6 Å². The topological polar surface area (TPSA) is 70.0 Å². The van der Waals surface area contributed by atoms with E-state index in [1.54, 1.807) is 6.08 Å². The number of rotatable bonds is 4. The van der Waals surface area contributed by atoms with Crippen molar-refractivity contribution in [2.75, 3.05) is 0 Å². The molecule has 0 saturated carbocycles. The van der Waals surface area contributed by atoms with Crippen LogP contribution in [0.15, 0.2) is 24.8 Å². The fourth-order valence-corrected chi connectivity index (χ4v) is 1.42. The highest BCUT2D eigenvalue weighted by Gasteiger charge is 2.15. The zero-order chi connectivity index (χ0) is 12.1. The minimum atomic E-state index is -0.817. The van der Waals surface area contributed by atoms with Gasteiger partial charge in [0.05, 0.1) is 11.6 Å². The number of aromatic hydroxyl groups is 1. The smallest absolute Gasteiger partial charge is 0.166 e. The van der Waals surface area contributed by atoms with Gasteiger partial charge in [-0.15, -0.1) is 6.58 Å². The van der Waals surface area contributed by atoms with E-state index in [0.717, 1.165) is 6.07 Å². The van der Waals surface area contributed by atoms with Crippen molar-refractivity contribution in [1.29, 1.82) is 5.26 Å². The molecule has 0 aliphatic rings. The third kappa shape index (κ3) is 2.59. The molecule has 0 aliphatic heterocycles. The van der Waals surface area contributed by atoms with Crippen LogP contribution in [0.2, 0.25) is 0 Å². The molecule has 0 heterocycles. The maximum absolute atomic E-state index is 13.2. The van der Waals surface area contributed by atoms with Gasteiger partial charge in [-0.1, -0.05) is 6.08 Å². The SMILES string of the molecule is C=CCC[C@H](N)c1cc(C#N)cc(F)c1O. The number of nitrogens with zero attached hydrogens (tertiary/aromatic N) is 1. The molecule has 3 nitrogen and oxygen atoms in total. The second-order valence-corrected chi connectivity index (χ2v) is 3.48. The predicted octanol–water partition coefficient (Wildman–Crippen LogP) is 2.37. The van der Waals surface area contributed by atoms with E-state index in [0.29, 0.717) is 12.8 Å². The summed E-state index contributed by atoms with van der Waals surface area (Å²) in [7, 11) is 0. The van der Waals surface area contributed by atoms with Crippen molar-refractivity contribution in [3.63, 3.8) is 0 Å². The third-order valence-corrected chi connectivity index (χ3v) is 2.30. The molecular weight excluding hydrogens is 207 g/mol. The van der Waals surface area contributed by atoms with Gasteiger partial charge in [0.1, 0.15) is 0 Å². The maximum Gasteiger partial charge on any atom is 0.166 e. The molecule has 0 radical (unpaired) electrons. The summed E-state index contributed by atoms with van der Waals surface area (Å²) in [5.41, 5.74) is 6.21. The van der Waals surface area contributed by atoms with Crippen LogP contribution >= 0.6 is 0 Å². The number of nitrogens with two attached hydrogens (primary N) is 1. The number of benzene rings is 1. The quantitative estimate of drug-likeness (QED) is 0.765. The van der Waals surface area contributed by atoms with Crippen molar-refractivity contribution in [3.8, 4) is 11.8 Å². The van der Waals surface area contributed by atoms with E-state index in [1.165, 1.54) is 6.07 Å². The summed E-state index contributed by atoms with van der Waals surface area (Å²) in [6.07, 6.45) is 2.91. The zero-order valence-corrected chi connectivity index (χ0v) is 8.78. The van der Waals surface area contributed by atoms with Crippen LogP contribution in [0.3, 0.4) is 0 Å². The Morgan fingerprint density at radius 2 is 2.31 bits per heavy atom. The highest BCUT2D eigenvalue weighted by Crippen LogP contribution is 2.29. The Bertz CT molecular complexity index is 437. The highest BCUT2D eigenvalue weighted by atomic mass is 19.1. The van der Waals surface area contributed by atoms with E-state index in [-0.39, 0.29) is 11.1 Å². The molecule has 1 atom stereocenters. The summed E-state index contributed by atoms with van der Waals surface area (Å²) >= 11 is 0. The van der Waals surface area contributed by atoms with E-state index in [4.69, 9.17) is 11.0 Å². The number of phenolic OH excluding ortho intramolecular Hbond substituents is 1. The minimum absolute atomic E-state index is 0.152. The van der Waals surface area contributed by atoms with Gasteiger partial charge < -0.3 is 10.8 Å². The minimum Gasteiger partial charge on any atom is -0.505 e. The molecule has 3 N–H and O–H groups in total. The van der Waals surface area contributed by atoms with E-state index in [1.807, 2.05) is 6.07 Å². The first kappa shape index (κ1) is 12.2. The van der Waals surface area contributed by atoms with Gasteiger partial charge in [0.2, 0.25) is 0 Å². The number of phenols is 1. The second-order valence-electron chi connectivity index (χ2n) is 3.48. The van der Waals surface area contributed by atoms with Gasteiger partial charge >= 0.3 is 0 Å². The first-order chi connectivity index (χ1) is 7.60. The van der Waals surface area contributed by atoms with E-state index >= 15 is 0 Å². The van der Waals surface area contributed by atoms with Crippen LogP contribution in [0.5, 0.6) is 5.75 Å². The van der Waals surface area contributed by atoms with Crippen molar-refractivity contribution in [3.05, 3.63) is 41.7 Å². The number of hydrogen-bond donors (Lipinski definition) is 2. The molecule has 1 rings (SSSR count). The van der Waals surface area contributed by atoms with Gasteiger partial charge in [0.15, 0.2) is 11.6 Å². The first-order valence-electron chi connectivity index (χ1n) is 4.89. The van der Waals surface area contributed by atoms with Gasteiger partial charge in [-0.25, -0.2) is 4.39 Å². The summed E-state index contributed by atoms with van der Waals surface area (Å²) in [5, 5.41) is 18.2. The molecule has 0 aliphatic carbocycles. The molecule has 0 saturated heterocycles. The summed E-state index contributed by atoms with van der Waals surface area (Å²) in [5.74, 6) is -1.29. The lowest BCUT2D eigenvalue weighted by Crippen LogP contribution is -2.11. The lowest BCUT2D eigenvalue weighted by molar-refractivity contribution is 0.418. The Morgan fingerprint density at radius 3 is 2.88 bits per heavy atom. The molecule has 0 spiro atoms. The zero-order valence-electron chi connectivity index (χ0n) is 8.78. The Morgan fingerprint density at radius 1 is 1.62 bits per heavy atom. The molecule has 0 bridgehead atoms. The molecule has 1 aromatic carbocycles. The number of halogens is 1. The first-order valence-corrected chi connectivity index (χ1v) is 4.89. The fourth-order valence-electron chi connectivity index (χ4n) is 1.42. The van der Waals surface area contributed by atoms with Gasteiger partial charge in [0, 0.05) is 11.6 Å². The van der Waals surface area contributed by atoms with Gasteiger partial charge in [-0.3, -0.25) is 0 Å². The van der Waals surface area contributed by atoms with Gasteiger partial charge in [-0.05, 0) is 25.0 Å².